The lowest BCUT2D eigenvalue weighted by Crippen LogP contribution is -1.89. The molecule has 2 N–H and O–H groups in total. The van der Waals surface area contributed by atoms with Gasteiger partial charge in [-0.3, -0.25) is 0 Å². The smallest absolute Gasteiger partial charge is 0.0999 e. The highest BCUT2D eigenvalue weighted by atomic mass is 15.0. The molecule has 0 atom stereocenters. The van der Waals surface area contributed by atoms with Gasteiger partial charge < -0.3 is 10.3 Å². The fraction of sp³-hybridized carbons (Fsp3) is 0.0625. The molecule has 3 nitrogen and oxygen atoms in total. The van der Waals surface area contributed by atoms with Crippen LogP contribution in [-0.2, 0) is 0 Å². The van der Waals surface area contributed by atoms with Gasteiger partial charge in [0.2, 0.25) is 0 Å². The lowest BCUT2D eigenvalue weighted by molar-refractivity contribution is 1.06. The summed E-state index contributed by atoms with van der Waals surface area (Å²) in [4.78, 5) is 4.44. The van der Waals surface area contributed by atoms with Gasteiger partial charge in [0, 0.05) is 23.1 Å². The first-order valence-corrected chi connectivity index (χ1v) is 6.19. The molecule has 3 aromatic rings. The van der Waals surface area contributed by atoms with E-state index in [4.69, 9.17) is 5.73 Å². The zero-order valence-corrected chi connectivity index (χ0v) is 10.7. The number of rotatable bonds is 2. The molecule has 0 aliphatic heterocycles. The summed E-state index contributed by atoms with van der Waals surface area (Å²) in [6, 6.07) is 16.1. The van der Waals surface area contributed by atoms with Crippen LogP contribution in [0.5, 0.6) is 0 Å². The number of anilines is 1. The minimum absolute atomic E-state index is 0.765. The molecule has 1 heterocycles. The third-order valence-electron chi connectivity index (χ3n) is 3.12. The summed E-state index contributed by atoms with van der Waals surface area (Å²) >= 11 is 0. The summed E-state index contributed by atoms with van der Waals surface area (Å²) in [5, 5.41) is 0. The van der Waals surface area contributed by atoms with Crippen LogP contribution in [0.3, 0.4) is 0 Å². The molecule has 0 radical (unpaired) electrons. The fourth-order valence-electron chi connectivity index (χ4n) is 1.98. The van der Waals surface area contributed by atoms with E-state index in [9.17, 15) is 0 Å². The van der Waals surface area contributed by atoms with E-state index in [-0.39, 0.29) is 0 Å². The number of nitrogens with zero attached hydrogens (tertiary/aromatic N) is 2. The lowest BCUT2D eigenvalue weighted by atomic mass is 10.1. The van der Waals surface area contributed by atoms with Gasteiger partial charge in [-0.15, -0.1) is 0 Å². The quantitative estimate of drug-likeness (QED) is 0.707. The zero-order valence-electron chi connectivity index (χ0n) is 10.7. The van der Waals surface area contributed by atoms with Gasteiger partial charge in [0.15, 0.2) is 0 Å². The Morgan fingerprint density at radius 3 is 2.32 bits per heavy atom. The minimum Gasteiger partial charge on any atom is -0.399 e. The van der Waals surface area contributed by atoms with Crippen molar-refractivity contribution >= 4 is 5.69 Å². The second-order valence-electron chi connectivity index (χ2n) is 4.62. The molecule has 0 aliphatic rings. The molecule has 2 aromatic carbocycles. The van der Waals surface area contributed by atoms with Crippen molar-refractivity contribution in [1.82, 2.24) is 9.55 Å². The lowest BCUT2D eigenvalue weighted by Gasteiger charge is -2.01. The molecular formula is C16H15N3. The highest BCUT2D eigenvalue weighted by molar-refractivity contribution is 5.61. The SMILES string of the molecule is Cc1ccc(-n2cnc(-c3ccc(N)cc3)c2)cc1. The first-order valence-electron chi connectivity index (χ1n) is 6.19. The predicted molar refractivity (Wildman–Crippen MR) is 78.1 cm³/mol. The van der Waals surface area contributed by atoms with Crippen molar-refractivity contribution in [3.8, 4) is 16.9 Å². The van der Waals surface area contributed by atoms with Crippen LogP contribution in [0, 0.1) is 6.92 Å². The summed E-state index contributed by atoms with van der Waals surface area (Å²) in [7, 11) is 0. The molecule has 0 saturated heterocycles. The number of aryl methyl sites for hydroxylation is 1. The van der Waals surface area contributed by atoms with Gasteiger partial charge in [-0.1, -0.05) is 29.8 Å². The highest BCUT2D eigenvalue weighted by Gasteiger charge is 2.03. The second-order valence-corrected chi connectivity index (χ2v) is 4.62. The average molecular weight is 249 g/mol. The standard InChI is InChI=1S/C16H15N3/c1-12-2-8-15(9-3-12)19-10-16(18-11-19)13-4-6-14(17)7-5-13/h2-11H,17H2,1H3. The van der Waals surface area contributed by atoms with E-state index in [0.717, 1.165) is 22.6 Å². The molecule has 19 heavy (non-hydrogen) atoms. The van der Waals surface area contributed by atoms with Crippen molar-refractivity contribution in [2.45, 2.75) is 6.92 Å². The Balaban J connectivity index is 1.95. The zero-order chi connectivity index (χ0) is 13.2. The Bertz CT molecular complexity index is 619. The van der Waals surface area contributed by atoms with Gasteiger partial charge in [0.25, 0.3) is 0 Å². The molecule has 0 aliphatic carbocycles. The molecule has 1 aromatic heterocycles. The summed E-state index contributed by atoms with van der Waals surface area (Å²) in [6.45, 7) is 2.08. The summed E-state index contributed by atoms with van der Waals surface area (Å²) < 4.78 is 2.02. The van der Waals surface area contributed by atoms with Gasteiger partial charge in [0.1, 0.15) is 0 Å². The third kappa shape index (κ3) is 2.36. The Hall–Kier alpha value is -2.55. The molecular weight excluding hydrogens is 234 g/mol. The molecule has 3 rings (SSSR count). The van der Waals surface area contributed by atoms with Crippen LogP contribution >= 0.6 is 0 Å². The van der Waals surface area contributed by atoms with Crippen molar-refractivity contribution in [3.05, 3.63) is 66.6 Å². The van der Waals surface area contributed by atoms with Crippen LogP contribution in [0.2, 0.25) is 0 Å². The van der Waals surface area contributed by atoms with Crippen molar-refractivity contribution in [3.63, 3.8) is 0 Å². The minimum atomic E-state index is 0.765. The van der Waals surface area contributed by atoms with Crippen LogP contribution < -0.4 is 5.73 Å². The van der Waals surface area contributed by atoms with Crippen LogP contribution in [0.15, 0.2) is 61.1 Å². The Labute approximate surface area is 112 Å². The normalized spacial score (nSPS) is 10.6. The maximum atomic E-state index is 5.69. The van der Waals surface area contributed by atoms with E-state index in [2.05, 4.69) is 36.2 Å². The van der Waals surface area contributed by atoms with Crippen molar-refractivity contribution < 1.29 is 0 Å². The molecule has 0 fully saturated rings. The van der Waals surface area contributed by atoms with E-state index in [0.29, 0.717) is 0 Å². The Kier molecular flexibility index (Phi) is 2.80. The number of nitrogen functional groups attached to an aromatic ring is 1. The molecule has 0 spiro atoms. The van der Waals surface area contributed by atoms with Crippen molar-refractivity contribution in [2.24, 2.45) is 0 Å². The van der Waals surface area contributed by atoms with Gasteiger partial charge in [-0.2, -0.15) is 0 Å². The topological polar surface area (TPSA) is 43.8 Å². The summed E-state index contributed by atoms with van der Waals surface area (Å²) in [6.07, 6.45) is 3.85. The number of hydrogen-bond donors (Lipinski definition) is 1. The van der Waals surface area contributed by atoms with Crippen LogP contribution in [0.1, 0.15) is 5.56 Å². The van der Waals surface area contributed by atoms with Crippen LogP contribution in [-0.4, -0.2) is 9.55 Å². The largest absolute Gasteiger partial charge is 0.399 e. The molecule has 94 valence electrons. The van der Waals surface area contributed by atoms with Crippen molar-refractivity contribution in [2.75, 3.05) is 5.73 Å². The number of aromatic nitrogens is 2. The molecule has 0 saturated carbocycles. The number of benzene rings is 2. The molecule has 0 unspecified atom stereocenters. The summed E-state index contributed by atoms with van der Waals surface area (Å²) in [5.74, 6) is 0. The van der Waals surface area contributed by atoms with Crippen LogP contribution in [0.4, 0.5) is 5.69 Å². The molecule has 0 bridgehead atoms. The van der Waals surface area contributed by atoms with Gasteiger partial charge >= 0.3 is 0 Å². The number of hydrogen-bond acceptors (Lipinski definition) is 2. The first-order chi connectivity index (χ1) is 9.22. The van der Waals surface area contributed by atoms with Gasteiger partial charge in [-0.25, -0.2) is 4.98 Å². The Morgan fingerprint density at radius 1 is 0.947 bits per heavy atom. The van der Waals surface area contributed by atoms with E-state index in [1.807, 2.05) is 41.4 Å². The van der Waals surface area contributed by atoms with Crippen molar-refractivity contribution in [1.29, 1.82) is 0 Å². The second kappa shape index (κ2) is 4.61. The van der Waals surface area contributed by atoms with E-state index in [1.54, 1.807) is 0 Å². The highest BCUT2D eigenvalue weighted by Crippen LogP contribution is 2.20. The maximum Gasteiger partial charge on any atom is 0.0999 e. The van der Waals surface area contributed by atoms with Gasteiger partial charge in [0.05, 0.1) is 12.0 Å². The number of nitrogens with two attached hydrogens (primary N) is 1. The number of imidazole rings is 1. The molecule has 3 heteroatoms. The Morgan fingerprint density at radius 2 is 1.63 bits per heavy atom. The van der Waals surface area contributed by atoms with E-state index < -0.39 is 0 Å². The monoisotopic (exact) mass is 249 g/mol. The third-order valence-corrected chi connectivity index (χ3v) is 3.12. The maximum absolute atomic E-state index is 5.69. The van der Waals surface area contributed by atoms with E-state index in [1.165, 1.54) is 5.56 Å². The predicted octanol–water partition coefficient (Wildman–Crippen LogP) is 3.43. The van der Waals surface area contributed by atoms with E-state index >= 15 is 0 Å². The van der Waals surface area contributed by atoms with Gasteiger partial charge in [-0.05, 0) is 31.2 Å². The summed E-state index contributed by atoms with van der Waals surface area (Å²) in [5.41, 5.74) is 10.8. The van der Waals surface area contributed by atoms with Crippen LogP contribution in [0.25, 0.3) is 16.9 Å². The average Bonchev–Trinajstić information content (AvgIpc) is 2.90. The first kappa shape index (κ1) is 11.5. The fourth-order valence-corrected chi connectivity index (χ4v) is 1.98. The molecule has 0 amide bonds.